The number of esters is 1. The molecule has 3 aromatic rings. The number of aliphatic imine (C=N–C) groups is 1. The van der Waals surface area contributed by atoms with Gasteiger partial charge in [0, 0.05) is 5.69 Å². The maximum absolute atomic E-state index is 12.1. The number of rotatable bonds is 9. The van der Waals surface area contributed by atoms with Gasteiger partial charge >= 0.3 is 17.8 Å². The predicted octanol–water partition coefficient (Wildman–Crippen LogP) is 3.86. The molecule has 0 fully saturated rings. The summed E-state index contributed by atoms with van der Waals surface area (Å²) in [5.74, 6) is -0.378. The van der Waals surface area contributed by atoms with Crippen molar-refractivity contribution in [3.05, 3.63) is 77.7 Å². The van der Waals surface area contributed by atoms with Crippen LogP contribution in [0.1, 0.15) is 35.7 Å². The van der Waals surface area contributed by atoms with Gasteiger partial charge in [-0.25, -0.2) is 4.79 Å². The molecule has 0 saturated carbocycles. The van der Waals surface area contributed by atoms with E-state index in [1.54, 1.807) is 25.3 Å². The van der Waals surface area contributed by atoms with Gasteiger partial charge < -0.3 is 24.5 Å². The number of furan rings is 1. The van der Waals surface area contributed by atoms with Gasteiger partial charge in [-0.05, 0) is 74.5 Å². The summed E-state index contributed by atoms with van der Waals surface area (Å²) in [7, 11) is 0. The Morgan fingerprint density at radius 2 is 1.65 bits per heavy atom. The van der Waals surface area contributed by atoms with Crippen LogP contribution >= 0.6 is 0 Å². The summed E-state index contributed by atoms with van der Waals surface area (Å²) >= 11 is 0. The van der Waals surface area contributed by atoms with Gasteiger partial charge in [0.1, 0.15) is 17.3 Å². The molecule has 9 nitrogen and oxygen atoms in total. The lowest BCUT2D eigenvalue weighted by atomic mass is 10.2. The molecule has 176 valence electrons. The van der Waals surface area contributed by atoms with Crippen LogP contribution in [0, 0.1) is 0 Å². The van der Waals surface area contributed by atoms with Crippen LogP contribution in [0.25, 0.3) is 0 Å². The highest BCUT2D eigenvalue weighted by Crippen LogP contribution is 2.18. The smallest absolute Gasteiger partial charge is 0.338 e. The van der Waals surface area contributed by atoms with Crippen molar-refractivity contribution >= 4 is 35.4 Å². The number of nitrogens with zero attached hydrogens (tertiary/aromatic N) is 1. The first-order valence-corrected chi connectivity index (χ1v) is 10.7. The van der Waals surface area contributed by atoms with E-state index in [-0.39, 0.29) is 13.2 Å². The summed E-state index contributed by atoms with van der Waals surface area (Å²) in [6.07, 6.45) is 1.56. The minimum atomic E-state index is -0.840. The molecule has 0 spiro atoms. The molecular formula is C25H25N3O6. The van der Waals surface area contributed by atoms with Crippen molar-refractivity contribution in [2.24, 2.45) is 4.99 Å². The third kappa shape index (κ3) is 7.06. The largest absolute Gasteiger partial charge is 0.494 e. The quantitative estimate of drug-likeness (QED) is 0.283. The lowest BCUT2D eigenvalue weighted by Gasteiger charge is -2.06. The van der Waals surface area contributed by atoms with Crippen LogP contribution in [0.2, 0.25) is 0 Å². The fourth-order valence-corrected chi connectivity index (χ4v) is 2.83. The van der Waals surface area contributed by atoms with Crippen molar-refractivity contribution in [2.75, 3.05) is 18.5 Å². The van der Waals surface area contributed by atoms with Crippen LogP contribution in [-0.2, 0) is 20.9 Å². The van der Waals surface area contributed by atoms with Gasteiger partial charge in [0.05, 0.1) is 37.2 Å². The Kier molecular flexibility index (Phi) is 8.56. The van der Waals surface area contributed by atoms with E-state index in [9.17, 15) is 14.4 Å². The Morgan fingerprint density at radius 3 is 2.32 bits per heavy atom. The van der Waals surface area contributed by atoms with Gasteiger partial charge in [0.2, 0.25) is 0 Å². The maximum Gasteiger partial charge on any atom is 0.338 e. The van der Waals surface area contributed by atoms with Crippen LogP contribution in [0.4, 0.5) is 11.4 Å². The van der Waals surface area contributed by atoms with Crippen LogP contribution in [0.3, 0.4) is 0 Å². The van der Waals surface area contributed by atoms with Gasteiger partial charge in [-0.1, -0.05) is 0 Å². The summed E-state index contributed by atoms with van der Waals surface area (Å²) in [6.45, 7) is 4.53. The Balaban J connectivity index is 1.47. The number of ether oxygens (including phenoxy) is 2. The van der Waals surface area contributed by atoms with Gasteiger partial charge in [-0.2, -0.15) is 0 Å². The van der Waals surface area contributed by atoms with Crippen molar-refractivity contribution in [2.45, 2.75) is 20.4 Å². The predicted molar refractivity (Wildman–Crippen MR) is 126 cm³/mol. The van der Waals surface area contributed by atoms with E-state index in [0.29, 0.717) is 29.4 Å². The van der Waals surface area contributed by atoms with Gasteiger partial charge in [0.15, 0.2) is 0 Å². The average Bonchev–Trinajstić information content (AvgIpc) is 3.30. The third-order valence-corrected chi connectivity index (χ3v) is 4.45. The van der Waals surface area contributed by atoms with Crippen molar-refractivity contribution in [1.29, 1.82) is 0 Å². The number of nitrogens with one attached hydrogen (secondary N) is 2. The second-order valence-corrected chi connectivity index (χ2v) is 6.92. The van der Waals surface area contributed by atoms with Crippen molar-refractivity contribution in [1.82, 2.24) is 5.32 Å². The molecule has 0 atom stereocenters. The number of carbonyl (C=O) groups is 3. The maximum atomic E-state index is 12.1. The van der Waals surface area contributed by atoms with Crippen LogP contribution < -0.4 is 15.4 Å². The first-order valence-electron chi connectivity index (χ1n) is 10.7. The number of benzene rings is 2. The number of amides is 2. The monoisotopic (exact) mass is 463 g/mol. The molecule has 1 heterocycles. The van der Waals surface area contributed by atoms with E-state index in [2.05, 4.69) is 15.6 Å². The normalized spacial score (nSPS) is 10.6. The zero-order valence-corrected chi connectivity index (χ0v) is 18.9. The first kappa shape index (κ1) is 24.2. The standard InChI is InChI=1S/C25H25N3O6/c1-3-32-20-11-9-18(10-12-20)26-15-21-13-14-22(34-21)16-27-23(29)24(30)28-19-7-5-17(6-8-19)25(31)33-4-2/h5-15H,3-4,16H2,1-2H3,(H,27,29)(H,28,30). The molecule has 0 unspecified atom stereocenters. The molecule has 1 aromatic heterocycles. The van der Waals surface area contributed by atoms with Gasteiger partial charge in [0.25, 0.3) is 0 Å². The number of carbonyl (C=O) groups excluding carboxylic acids is 3. The first-order chi connectivity index (χ1) is 16.5. The Bertz CT molecular complexity index is 1150. The minimum absolute atomic E-state index is 0.0327. The van der Waals surface area contributed by atoms with E-state index >= 15 is 0 Å². The fraction of sp³-hybridized carbons (Fsp3) is 0.200. The van der Waals surface area contributed by atoms with Crippen LogP contribution in [0.15, 0.2) is 70.1 Å². The van der Waals surface area contributed by atoms with E-state index in [4.69, 9.17) is 13.9 Å². The number of hydrogen-bond acceptors (Lipinski definition) is 7. The van der Waals surface area contributed by atoms with Crippen LogP contribution in [-0.4, -0.2) is 37.2 Å². The Labute approximate surface area is 196 Å². The molecule has 2 N–H and O–H groups in total. The second kappa shape index (κ2) is 12.0. The van der Waals surface area contributed by atoms with Crippen molar-refractivity contribution < 1.29 is 28.3 Å². The lowest BCUT2D eigenvalue weighted by Crippen LogP contribution is -2.34. The highest BCUT2D eigenvalue weighted by Gasteiger charge is 2.15. The summed E-state index contributed by atoms with van der Waals surface area (Å²) < 4.78 is 15.9. The van der Waals surface area contributed by atoms with Gasteiger partial charge in [-0.3, -0.25) is 14.6 Å². The van der Waals surface area contributed by atoms with Crippen molar-refractivity contribution in [3.63, 3.8) is 0 Å². The van der Waals surface area contributed by atoms with Crippen molar-refractivity contribution in [3.8, 4) is 5.75 Å². The topological polar surface area (TPSA) is 119 Å². The zero-order chi connectivity index (χ0) is 24.3. The molecule has 0 saturated heterocycles. The average molecular weight is 463 g/mol. The molecular weight excluding hydrogens is 438 g/mol. The van der Waals surface area contributed by atoms with E-state index in [1.165, 1.54) is 24.3 Å². The summed E-state index contributed by atoms with van der Waals surface area (Å²) in [6, 6.07) is 16.8. The molecule has 34 heavy (non-hydrogen) atoms. The lowest BCUT2D eigenvalue weighted by molar-refractivity contribution is -0.136. The molecule has 0 aliphatic heterocycles. The van der Waals surface area contributed by atoms with Gasteiger partial charge in [-0.15, -0.1) is 0 Å². The molecule has 0 radical (unpaired) electrons. The van der Waals surface area contributed by atoms with E-state index in [0.717, 1.165) is 11.4 Å². The highest BCUT2D eigenvalue weighted by atomic mass is 16.5. The van der Waals surface area contributed by atoms with Crippen LogP contribution in [0.5, 0.6) is 5.75 Å². The minimum Gasteiger partial charge on any atom is -0.494 e. The molecule has 2 amide bonds. The second-order valence-electron chi connectivity index (χ2n) is 6.92. The molecule has 9 heteroatoms. The summed E-state index contributed by atoms with van der Waals surface area (Å²) in [4.78, 5) is 40.2. The molecule has 0 aliphatic carbocycles. The molecule has 0 bridgehead atoms. The van der Waals surface area contributed by atoms with E-state index in [1.807, 2.05) is 31.2 Å². The Hall–Kier alpha value is -4.40. The third-order valence-electron chi connectivity index (χ3n) is 4.45. The zero-order valence-electron chi connectivity index (χ0n) is 18.9. The SMILES string of the molecule is CCOC(=O)c1ccc(NC(=O)C(=O)NCc2ccc(C=Nc3ccc(OCC)cc3)o2)cc1. The number of hydrogen-bond donors (Lipinski definition) is 2. The summed E-state index contributed by atoms with van der Waals surface area (Å²) in [5, 5.41) is 4.96. The number of anilines is 1. The molecule has 0 aliphatic rings. The Morgan fingerprint density at radius 1 is 0.912 bits per heavy atom. The molecule has 3 rings (SSSR count). The van der Waals surface area contributed by atoms with E-state index < -0.39 is 17.8 Å². The fourth-order valence-electron chi connectivity index (χ4n) is 2.83. The molecule has 2 aromatic carbocycles. The highest BCUT2D eigenvalue weighted by molar-refractivity contribution is 6.39. The summed E-state index contributed by atoms with van der Waals surface area (Å²) in [5.41, 5.74) is 1.46.